The lowest BCUT2D eigenvalue weighted by Gasteiger charge is -2.25. The summed E-state index contributed by atoms with van der Waals surface area (Å²) in [6.07, 6.45) is 0. The summed E-state index contributed by atoms with van der Waals surface area (Å²) in [5.74, 6) is 0.992. The van der Waals surface area contributed by atoms with Gasteiger partial charge in [-0.3, -0.25) is 9.59 Å². The van der Waals surface area contributed by atoms with Crippen LogP contribution >= 0.6 is 0 Å². The van der Waals surface area contributed by atoms with Gasteiger partial charge in [0.2, 0.25) is 5.76 Å². The van der Waals surface area contributed by atoms with E-state index in [0.29, 0.717) is 29.0 Å². The van der Waals surface area contributed by atoms with Crippen molar-refractivity contribution in [1.29, 1.82) is 0 Å². The first-order valence-corrected chi connectivity index (χ1v) is 11.1. The smallest absolute Gasteiger partial charge is 0.291 e. The van der Waals surface area contributed by atoms with E-state index in [1.807, 2.05) is 42.5 Å². The molecule has 5 nitrogen and oxygen atoms in total. The second kappa shape index (κ2) is 8.24. The van der Waals surface area contributed by atoms with E-state index in [-0.39, 0.29) is 17.1 Å². The van der Waals surface area contributed by atoms with Crippen LogP contribution in [0.4, 0.5) is 0 Å². The lowest BCUT2D eigenvalue weighted by Crippen LogP contribution is -2.29. The Hall–Kier alpha value is -3.86. The lowest BCUT2D eigenvalue weighted by atomic mass is 9.95. The first kappa shape index (κ1) is 21.0. The molecule has 0 fully saturated rings. The van der Waals surface area contributed by atoms with Crippen molar-refractivity contribution in [2.45, 2.75) is 32.4 Å². The van der Waals surface area contributed by atoms with Gasteiger partial charge in [0, 0.05) is 6.54 Å². The van der Waals surface area contributed by atoms with Gasteiger partial charge >= 0.3 is 0 Å². The predicted molar refractivity (Wildman–Crippen MR) is 128 cm³/mol. The van der Waals surface area contributed by atoms with Crippen LogP contribution in [0.3, 0.4) is 0 Å². The zero-order valence-corrected chi connectivity index (χ0v) is 18.9. The molecule has 1 aromatic heterocycles. The Morgan fingerprint density at radius 1 is 0.939 bits per heavy atom. The van der Waals surface area contributed by atoms with Crippen molar-refractivity contribution < 1.29 is 13.9 Å². The van der Waals surface area contributed by atoms with E-state index in [1.165, 1.54) is 5.56 Å². The monoisotopic (exact) mass is 439 g/mol. The number of hydrogen-bond donors (Lipinski definition) is 0. The highest BCUT2D eigenvalue weighted by Gasteiger charge is 2.42. The maximum atomic E-state index is 13.6. The molecule has 166 valence electrons. The molecule has 1 atom stereocenters. The van der Waals surface area contributed by atoms with Crippen molar-refractivity contribution in [2.75, 3.05) is 7.11 Å². The van der Waals surface area contributed by atoms with Crippen LogP contribution in [-0.2, 0) is 6.54 Å². The quantitative estimate of drug-likeness (QED) is 0.402. The number of methoxy groups -OCH3 is 1. The van der Waals surface area contributed by atoms with E-state index in [4.69, 9.17) is 9.15 Å². The average molecular weight is 440 g/mol. The predicted octanol–water partition coefficient (Wildman–Crippen LogP) is 5.67. The number of carbonyl (C=O) groups is 1. The molecule has 0 saturated heterocycles. The largest absolute Gasteiger partial charge is 0.497 e. The molecule has 0 spiro atoms. The average Bonchev–Trinajstić information content (AvgIpc) is 3.11. The van der Waals surface area contributed by atoms with Crippen molar-refractivity contribution in [3.8, 4) is 5.75 Å². The summed E-state index contributed by atoms with van der Waals surface area (Å²) >= 11 is 0. The van der Waals surface area contributed by atoms with Crippen molar-refractivity contribution in [3.63, 3.8) is 0 Å². The van der Waals surface area contributed by atoms with Gasteiger partial charge < -0.3 is 14.1 Å². The molecule has 2 heterocycles. The number of fused-ring (bicyclic) bond motifs is 2. The molecular formula is C28H25NO4. The highest BCUT2D eigenvalue weighted by Crippen LogP contribution is 2.39. The summed E-state index contributed by atoms with van der Waals surface area (Å²) in [5, 5.41) is 0.485. The molecule has 1 aliphatic rings. The van der Waals surface area contributed by atoms with Gasteiger partial charge in [0.15, 0.2) is 5.43 Å². The third-order valence-corrected chi connectivity index (χ3v) is 6.30. The molecule has 33 heavy (non-hydrogen) atoms. The van der Waals surface area contributed by atoms with Gasteiger partial charge in [-0.2, -0.15) is 0 Å². The minimum atomic E-state index is -0.517. The summed E-state index contributed by atoms with van der Waals surface area (Å²) in [4.78, 5) is 28.8. The molecule has 0 saturated carbocycles. The summed E-state index contributed by atoms with van der Waals surface area (Å²) in [7, 11) is 1.62. The fourth-order valence-electron chi connectivity index (χ4n) is 4.47. The van der Waals surface area contributed by atoms with E-state index in [0.717, 1.165) is 16.9 Å². The summed E-state index contributed by atoms with van der Waals surface area (Å²) in [6, 6.07) is 22.3. The zero-order valence-electron chi connectivity index (χ0n) is 18.9. The molecule has 1 amide bonds. The minimum Gasteiger partial charge on any atom is -0.497 e. The Morgan fingerprint density at radius 2 is 1.64 bits per heavy atom. The molecule has 0 N–H and O–H groups in total. The van der Waals surface area contributed by atoms with E-state index < -0.39 is 6.04 Å². The normalized spacial score (nSPS) is 15.3. The Labute approximate surface area is 192 Å². The molecular weight excluding hydrogens is 414 g/mol. The molecule has 1 unspecified atom stereocenters. The summed E-state index contributed by atoms with van der Waals surface area (Å²) < 4.78 is 11.3. The van der Waals surface area contributed by atoms with Crippen molar-refractivity contribution in [2.24, 2.45) is 0 Å². The van der Waals surface area contributed by atoms with Crippen molar-refractivity contribution in [1.82, 2.24) is 4.90 Å². The third kappa shape index (κ3) is 3.59. The number of nitrogens with zero attached hydrogens (tertiary/aromatic N) is 1. The molecule has 5 rings (SSSR count). The van der Waals surface area contributed by atoms with Gasteiger partial charge in [-0.05, 0) is 46.9 Å². The standard InChI is InChI=1S/C28H25NO4/c1-17(2)19-10-12-20(13-11-19)25-24-26(30)22-6-4-5-7-23(22)33-27(24)28(31)29(25)16-18-8-14-21(32-3)15-9-18/h4-15,17,25H,16H2,1-3H3. The lowest BCUT2D eigenvalue weighted by molar-refractivity contribution is 0.0714. The van der Waals surface area contributed by atoms with Crippen LogP contribution in [0.1, 0.15) is 58.6 Å². The van der Waals surface area contributed by atoms with E-state index >= 15 is 0 Å². The number of hydrogen-bond acceptors (Lipinski definition) is 4. The van der Waals surface area contributed by atoms with Gasteiger partial charge in [-0.25, -0.2) is 0 Å². The highest BCUT2D eigenvalue weighted by atomic mass is 16.5. The second-order valence-corrected chi connectivity index (χ2v) is 8.68. The fourth-order valence-corrected chi connectivity index (χ4v) is 4.47. The Balaban J connectivity index is 1.66. The Bertz CT molecular complexity index is 1380. The third-order valence-electron chi connectivity index (χ3n) is 6.30. The van der Waals surface area contributed by atoms with E-state index in [1.54, 1.807) is 30.2 Å². The fraction of sp³-hybridized carbons (Fsp3) is 0.214. The molecule has 3 aromatic carbocycles. The van der Waals surface area contributed by atoms with Crippen LogP contribution in [0.15, 0.2) is 82.0 Å². The number of benzene rings is 3. The molecule has 0 bridgehead atoms. The first-order valence-electron chi connectivity index (χ1n) is 11.1. The summed E-state index contributed by atoms with van der Waals surface area (Å²) in [5.41, 5.74) is 3.71. The maximum absolute atomic E-state index is 13.6. The minimum absolute atomic E-state index is 0.130. The van der Waals surface area contributed by atoms with Gasteiger partial charge in [0.25, 0.3) is 5.91 Å². The number of rotatable bonds is 5. The van der Waals surface area contributed by atoms with Crippen LogP contribution in [0, 0.1) is 0 Å². The van der Waals surface area contributed by atoms with E-state index in [2.05, 4.69) is 26.0 Å². The van der Waals surface area contributed by atoms with Crippen LogP contribution in [0.2, 0.25) is 0 Å². The number of para-hydroxylation sites is 1. The van der Waals surface area contributed by atoms with Crippen LogP contribution in [0.5, 0.6) is 5.75 Å². The van der Waals surface area contributed by atoms with Gasteiger partial charge in [0.05, 0.1) is 24.1 Å². The number of carbonyl (C=O) groups excluding carboxylic acids is 1. The van der Waals surface area contributed by atoms with E-state index in [9.17, 15) is 9.59 Å². The summed E-state index contributed by atoms with van der Waals surface area (Å²) in [6.45, 7) is 4.62. The molecule has 0 aliphatic carbocycles. The molecule has 1 aliphatic heterocycles. The van der Waals surface area contributed by atoms with Gasteiger partial charge in [-0.15, -0.1) is 0 Å². The number of ether oxygens (including phenoxy) is 1. The molecule has 5 heteroatoms. The molecule has 4 aromatic rings. The van der Waals surface area contributed by atoms with Crippen molar-refractivity contribution >= 4 is 16.9 Å². The first-order chi connectivity index (χ1) is 16.0. The topological polar surface area (TPSA) is 59.8 Å². The maximum Gasteiger partial charge on any atom is 0.291 e. The zero-order chi connectivity index (χ0) is 23.1. The molecule has 0 radical (unpaired) electrons. The Kier molecular flexibility index (Phi) is 5.25. The van der Waals surface area contributed by atoms with Gasteiger partial charge in [-0.1, -0.05) is 62.4 Å². The van der Waals surface area contributed by atoms with Crippen LogP contribution < -0.4 is 10.2 Å². The van der Waals surface area contributed by atoms with Crippen molar-refractivity contribution in [3.05, 3.63) is 111 Å². The van der Waals surface area contributed by atoms with Crippen LogP contribution in [-0.4, -0.2) is 17.9 Å². The SMILES string of the molecule is COc1ccc(CN2C(=O)c3oc4ccccc4c(=O)c3C2c2ccc(C(C)C)cc2)cc1. The number of amides is 1. The Morgan fingerprint density at radius 3 is 2.30 bits per heavy atom. The van der Waals surface area contributed by atoms with Crippen LogP contribution in [0.25, 0.3) is 11.0 Å². The second-order valence-electron chi connectivity index (χ2n) is 8.68. The van der Waals surface area contributed by atoms with Gasteiger partial charge in [0.1, 0.15) is 11.3 Å². The highest BCUT2D eigenvalue weighted by molar-refractivity contribution is 5.99.